The molecule has 3 aliphatic rings. The van der Waals surface area contributed by atoms with Gasteiger partial charge in [0.15, 0.2) is 0 Å². The lowest BCUT2D eigenvalue weighted by atomic mass is 9.65. The Morgan fingerprint density at radius 2 is 1.86 bits per heavy atom. The number of rotatable bonds is 3. The van der Waals surface area contributed by atoms with Gasteiger partial charge in [-0.25, -0.2) is 0 Å². The van der Waals surface area contributed by atoms with Crippen molar-refractivity contribution in [2.24, 2.45) is 10.8 Å². The van der Waals surface area contributed by atoms with Crippen molar-refractivity contribution in [3.05, 3.63) is 0 Å². The van der Waals surface area contributed by atoms with Crippen LogP contribution in [-0.4, -0.2) is 61.0 Å². The van der Waals surface area contributed by atoms with Crippen LogP contribution in [0.2, 0.25) is 0 Å². The second-order valence-electron chi connectivity index (χ2n) is 8.56. The molecule has 1 saturated carbocycles. The molecular weight excluding hydrogens is 298 g/mol. The monoisotopic (exact) mass is 329 g/mol. The van der Waals surface area contributed by atoms with Gasteiger partial charge in [-0.1, -0.05) is 20.8 Å². The third-order valence-corrected chi connectivity index (χ3v) is 5.61. The predicted molar refractivity (Wildman–Crippen MR) is 92.4 cm³/mol. The smallest absolute Gasteiger partial charge is 0.223 e. The average Bonchev–Trinajstić information content (AvgIpc) is 2.65. The summed E-state index contributed by atoms with van der Waals surface area (Å²) in [5, 5.41) is 3.31. The summed E-state index contributed by atoms with van der Waals surface area (Å²) >= 11 is 0. The van der Waals surface area contributed by atoms with E-state index in [1.165, 1.54) is 25.8 Å². The van der Waals surface area contributed by atoms with Gasteiger partial charge in [0.1, 0.15) is 0 Å². The van der Waals surface area contributed by atoms with E-state index in [1.54, 1.807) is 0 Å². The highest BCUT2D eigenvalue weighted by molar-refractivity contribution is 5.85. The lowest BCUT2D eigenvalue weighted by molar-refractivity contribution is -0.132. The minimum atomic E-state index is 0. The van der Waals surface area contributed by atoms with Crippen LogP contribution in [0.25, 0.3) is 0 Å². The maximum Gasteiger partial charge on any atom is 0.223 e. The summed E-state index contributed by atoms with van der Waals surface area (Å²) in [4.78, 5) is 17.0. The van der Waals surface area contributed by atoms with Crippen molar-refractivity contribution in [2.45, 2.75) is 52.5 Å². The van der Waals surface area contributed by atoms with E-state index in [2.05, 4.69) is 31.0 Å². The van der Waals surface area contributed by atoms with Gasteiger partial charge < -0.3 is 10.2 Å². The molecule has 0 aromatic rings. The number of carbonyl (C=O) groups is 1. The van der Waals surface area contributed by atoms with Crippen LogP contribution >= 0.6 is 12.4 Å². The molecule has 0 radical (unpaired) electrons. The Kier molecular flexibility index (Phi) is 5.46. The van der Waals surface area contributed by atoms with E-state index >= 15 is 0 Å². The Morgan fingerprint density at radius 1 is 1.18 bits per heavy atom. The van der Waals surface area contributed by atoms with E-state index in [0.29, 0.717) is 29.2 Å². The summed E-state index contributed by atoms with van der Waals surface area (Å²) < 4.78 is 0. The molecule has 22 heavy (non-hydrogen) atoms. The van der Waals surface area contributed by atoms with E-state index < -0.39 is 0 Å². The van der Waals surface area contributed by atoms with Gasteiger partial charge in [0, 0.05) is 51.7 Å². The zero-order valence-corrected chi connectivity index (χ0v) is 15.2. The fraction of sp³-hybridized carbons (Fsp3) is 0.941. The molecule has 2 saturated heterocycles. The van der Waals surface area contributed by atoms with Gasteiger partial charge in [0.2, 0.25) is 5.91 Å². The SMILES string of the molecule is CC1(C)CC2CC(C)(CN2CCC(=O)N2CCNCC2)C1.Cl. The summed E-state index contributed by atoms with van der Waals surface area (Å²) in [6, 6.07) is 0.703. The Balaban J connectivity index is 0.00000176. The van der Waals surface area contributed by atoms with Crippen LogP contribution in [0.3, 0.4) is 0 Å². The molecule has 1 N–H and O–H groups in total. The van der Waals surface area contributed by atoms with Crippen molar-refractivity contribution >= 4 is 18.3 Å². The summed E-state index contributed by atoms with van der Waals surface area (Å²) in [5.74, 6) is 0.349. The summed E-state index contributed by atoms with van der Waals surface area (Å²) in [6.45, 7) is 13.1. The molecule has 2 atom stereocenters. The molecule has 2 unspecified atom stereocenters. The quantitative estimate of drug-likeness (QED) is 0.861. The van der Waals surface area contributed by atoms with E-state index in [9.17, 15) is 4.79 Å². The van der Waals surface area contributed by atoms with Crippen LogP contribution in [0.1, 0.15) is 46.5 Å². The van der Waals surface area contributed by atoms with Crippen molar-refractivity contribution in [3.63, 3.8) is 0 Å². The molecule has 1 aliphatic carbocycles. The molecule has 0 spiro atoms. The molecular formula is C17H32ClN3O. The van der Waals surface area contributed by atoms with Crippen molar-refractivity contribution in [1.29, 1.82) is 0 Å². The second-order valence-corrected chi connectivity index (χ2v) is 8.56. The first kappa shape index (κ1) is 18.0. The summed E-state index contributed by atoms with van der Waals surface area (Å²) in [5.41, 5.74) is 0.944. The second kappa shape index (κ2) is 6.66. The highest BCUT2D eigenvalue weighted by Gasteiger charge is 2.49. The van der Waals surface area contributed by atoms with Crippen LogP contribution in [0.15, 0.2) is 0 Å². The Bertz CT molecular complexity index is 409. The number of nitrogens with one attached hydrogen (secondary N) is 1. The van der Waals surface area contributed by atoms with Gasteiger partial charge >= 0.3 is 0 Å². The molecule has 0 aromatic heterocycles. The number of carbonyl (C=O) groups excluding carboxylic acids is 1. The maximum atomic E-state index is 12.3. The first-order valence-corrected chi connectivity index (χ1v) is 8.60. The number of nitrogens with zero attached hydrogens (tertiary/aromatic N) is 2. The Labute approximate surface area is 141 Å². The molecule has 1 amide bonds. The number of hydrogen-bond donors (Lipinski definition) is 1. The van der Waals surface area contributed by atoms with Crippen LogP contribution < -0.4 is 5.32 Å². The molecule has 5 heteroatoms. The maximum absolute atomic E-state index is 12.3. The lowest BCUT2D eigenvalue weighted by Crippen LogP contribution is -2.47. The zero-order valence-electron chi connectivity index (χ0n) is 14.4. The third kappa shape index (κ3) is 3.95. The van der Waals surface area contributed by atoms with Crippen LogP contribution in [-0.2, 0) is 4.79 Å². The van der Waals surface area contributed by atoms with E-state index in [-0.39, 0.29) is 12.4 Å². The normalized spacial score (nSPS) is 34.3. The lowest BCUT2D eigenvalue weighted by Gasteiger charge is -2.40. The van der Waals surface area contributed by atoms with E-state index in [4.69, 9.17) is 0 Å². The molecule has 128 valence electrons. The summed E-state index contributed by atoms with van der Waals surface area (Å²) in [7, 11) is 0. The zero-order chi connectivity index (χ0) is 15.1. The van der Waals surface area contributed by atoms with Crippen molar-refractivity contribution in [2.75, 3.05) is 39.3 Å². The largest absolute Gasteiger partial charge is 0.340 e. The average molecular weight is 330 g/mol. The molecule has 2 bridgehead atoms. The first-order chi connectivity index (χ1) is 9.87. The number of amides is 1. The Morgan fingerprint density at radius 3 is 2.55 bits per heavy atom. The number of hydrogen-bond acceptors (Lipinski definition) is 3. The van der Waals surface area contributed by atoms with Crippen LogP contribution in [0.4, 0.5) is 0 Å². The molecule has 3 rings (SSSR count). The van der Waals surface area contributed by atoms with E-state index in [0.717, 1.165) is 32.7 Å². The van der Waals surface area contributed by atoms with Gasteiger partial charge in [-0.15, -0.1) is 12.4 Å². The minimum Gasteiger partial charge on any atom is -0.340 e. The third-order valence-electron chi connectivity index (χ3n) is 5.61. The highest BCUT2D eigenvalue weighted by atomic mass is 35.5. The first-order valence-electron chi connectivity index (χ1n) is 8.60. The highest BCUT2D eigenvalue weighted by Crippen LogP contribution is 2.52. The number of likely N-dealkylation sites (tertiary alicyclic amines) is 1. The Hall–Kier alpha value is -0.320. The van der Waals surface area contributed by atoms with Crippen LogP contribution in [0.5, 0.6) is 0 Å². The van der Waals surface area contributed by atoms with E-state index in [1.807, 2.05) is 4.90 Å². The van der Waals surface area contributed by atoms with Crippen molar-refractivity contribution < 1.29 is 4.79 Å². The minimum absolute atomic E-state index is 0. The number of halogens is 1. The van der Waals surface area contributed by atoms with Crippen LogP contribution in [0, 0.1) is 10.8 Å². The van der Waals surface area contributed by atoms with Crippen molar-refractivity contribution in [3.8, 4) is 0 Å². The fourth-order valence-electron chi connectivity index (χ4n) is 5.15. The van der Waals surface area contributed by atoms with Gasteiger partial charge in [0.05, 0.1) is 0 Å². The molecule has 2 heterocycles. The number of fused-ring (bicyclic) bond motifs is 2. The predicted octanol–water partition coefficient (Wildman–Crippen LogP) is 2.13. The standard InChI is InChI=1S/C17H31N3O.ClH/c1-16(2)10-14-11-17(3,12-16)13-20(14)7-4-15(21)19-8-5-18-6-9-19;/h14,18H,4-13H2,1-3H3;1H. The topological polar surface area (TPSA) is 35.6 Å². The van der Waals surface area contributed by atoms with Crippen molar-refractivity contribution in [1.82, 2.24) is 15.1 Å². The number of piperazine rings is 1. The fourth-order valence-corrected chi connectivity index (χ4v) is 5.15. The van der Waals surface area contributed by atoms with Gasteiger partial charge in [-0.05, 0) is 30.1 Å². The van der Waals surface area contributed by atoms with Gasteiger partial charge in [0.25, 0.3) is 0 Å². The van der Waals surface area contributed by atoms with Gasteiger partial charge in [-0.3, -0.25) is 9.69 Å². The molecule has 3 fully saturated rings. The molecule has 0 aromatic carbocycles. The molecule has 4 nitrogen and oxygen atoms in total. The molecule has 2 aliphatic heterocycles. The van der Waals surface area contributed by atoms with Gasteiger partial charge in [-0.2, -0.15) is 0 Å². The summed E-state index contributed by atoms with van der Waals surface area (Å²) in [6.07, 6.45) is 4.66.